The number of pyridine rings is 1. The Hall–Kier alpha value is -2.47. The molecule has 0 unspecified atom stereocenters. The Morgan fingerprint density at radius 1 is 1.19 bits per heavy atom. The van der Waals surface area contributed by atoms with E-state index in [2.05, 4.69) is 10.3 Å². The summed E-state index contributed by atoms with van der Waals surface area (Å²) in [6.07, 6.45) is 3.36. The third-order valence-corrected chi connectivity index (χ3v) is 2.98. The minimum atomic E-state index is -0.190. The number of hydrogen-bond donors (Lipinski definition) is 2. The fraction of sp³-hybridized carbons (Fsp3) is 0.133. The van der Waals surface area contributed by atoms with Gasteiger partial charge in [0.1, 0.15) is 10.7 Å². The number of benzene rings is 1. The molecule has 0 spiro atoms. The highest BCUT2D eigenvalue weighted by molar-refractivity contribution is 7.80. The van der Waals surface area contributed by atoms with Crippen molar-refractivity contribution in [3.63, 3.8) is 0 Å². The third-order valence-electron chi connectivity index (χ3n) is 2.75. The fourth-order valence-corrected chi connectivity index (χ4v) is 1.75. The summed E-state index contributed by atoms with van der Waals surface area (Å²) in [5.74, 6) is 0.402. The van der Waals surface area contributed by atoms with Crippen molar-refractivity contribution < 1.29 is 9.53 Å². The number of nitrogens with one attached hydrogen (secondary N) is 1. The zero-order valence-electron chi connectivity index (χ0n) is 11.3. The molecule has 0 aliphatic heterocycles. The number of aromatic nitrogens is 1. The molecule has 0 bridgehead atoms. The molecule has 21 heavy (non-hydrogen) atoms. The number of nitrogens with two attached hydrogens (primary N) is 1. The Kier molecular flexibility index (Phi) is 5.22. The lowest BCUT2D eigenvalue weighted by atomic mass is 10.2. The van der Waals surface area contributed by atoms with Gasteiger partial charge in [-0.05, 0) is 42.0 Å². The Labute approximate surface area is 128 Å². The Morgan fingerprint density at radius 2 is 1.86 bits per heavy atom. The van der Waals surface area contributed by atoms with Crippen LogP contribution in [0.5, 0.6) is 5.75 Å². The maximum absolute atomic E-state index is 11.7. The molecule has 0 saturated carbocycles. The number of thiocarbonyl (C=S) groups is 1. The SMILES string of the molecule is NC(=S)c1ccc(OCC(=O)NCc2ccncc2)cc1. The normalized spacial score (nSPS) is 9.90. The zero-order valence-corrected chi connectivity index (χ0v) is 12.1. The van der Waals surface area contributed by atoms with Gasteiger partial charge in [0, 0.05) is 24.5 Å². The molecule has 1 aromatic heterocycles. The fourth-order valence-electron chi connectivity index (χ4n) is 1.62. The average Bonchev–Trinajstić information content (AvgIpc) is 2.52. The van der Waals surface area contributed by atoms with Gasteiger partial charge in [0.05, 0.1) is 0 Å². The van der Waals surface area contributed by atoms with Crippen LogP contribution in [0.25, 0.3) is 0 Å². The molecular formula is C15H15N3O2S. The van der Waals surface area contributed by atoms with Crippen molar-refractivity contribution in [2.45, 2.75) is 6.54 Å². The molecule has 1 aromatic carbocycles. The van der Waals surface area contributed by atoms with Crippen LogP contribution in [-0.4, -0.2) is 22.5 Å². The minimum absolute atomic E-state index is 0.0441. The molecule has 0 aliphatic carbocycles. The third kappa shape index (κ3) is 4.85. The highest BCUT2D eigenvalue weighted by Crippen LogP contribution is 2.11. The number of amides is 1. The first-order valence-electron chi connectivity index (χ1n) is 6.33. The maximum atomic E-state index is 11.7. The number of carbonyl (C=O) groups is 1. The van der Waals surface area contributed by atoms with Crippen molar-refractivity contribution in [2.24, 2.45) is 5.73 Å². The highest BCUT2D eigenvalue weighted by Gasteiger charge is 2.03. The van der Waals surface area contributed by atoms with E-state index in [9.17, 15) is 4.79 Å². The smallest absolute Gasteiger partial charge is 0.258 e. The highest BCUT2D eigenvalue weighted by atomic mass is 32.1. The van der Waals surface area contributed by atoms with Gasteiger partial charge < -0.3 is 15.8 Å². The van der Waals surface area contributed by atoms with Gasteiger partial charge in [-0.25, -0.2) is 0 Å². The number of carbonyl (C=O) groups excluding carboxylic acids is 1. The van der Waals surface area contributed by atoms with Gasteiger partial charge in [-0.3, -0.25) is 9.78 Å². The molecule has 0 radical (unpaired) electrons. The largest absolute Gasteiger partial charge is 0.484 e. The van der Waals surface area contributed by atoms with Crippen molar-refractivity contribution in [1.29, 1.82) is 0 Å². The van der Waals surface area contributed by atoms with E-state index in [0.717, 1.165) is 11.1 Å². The molecule has 6 heteroatoms. The molecule has 0 atom stereocenters. The molecule has 1 heterocycles. The summed E-state index contributed by atoms with van der Waals surface area (Å²) in [5.41, 5.74) is 7.25. The molecule has 2 rings (SSSR count). The topological polar surface area (TPSA) is 77.2 Å². The summed E-state index contributed by atoms with van der Waals surface area (Å²) >= 11 is 4.86. The van der Waals surface area contributed by atoms with Crippen LogP contribution in [0.2, 0.25) is 0 Å². The van der Waals surface area contributed by atoms with Gasteiger partial charge in [0.2, 0.25) is 0 Å². The van der Waals surface area contributed by atoms with Gasteiger partial charge in [-0.2, -0.15) is 0 Å². The molecule has 0 aliphatic rings. The van der Waals surface area contributed by atoms with E-state index in [1.54, 1.807) is 36.7 Å². The first kappa shape index (κ1) is 14.9. The van der Waals surface area contributed by atoms with Crippen molar-refractivity contribution in [3.8, 4) is 5.75 Å². The van der Waals surface area contributed by atoms with Crippen LogP contribution in [0, 0.1) is 0 Å². The summed E-state index contributed by atoms with van der Waals surface area (Å²) < 4.78 is 5.38. The standard InChI is InChI=1S/C15H15N3O2S/c16-15(21)12-1-3-13(4-2-12)20-10-14(19)18-9-11-5-7-17-8-6-11/h1-8H,9-10H2,(H2,16,21)(H,18,19). The van der Waals surface area contributed by atoms with E-state index in [-0.39, 0.29) is 12.5 Å². The van der Waals surface area contributed by atoms with Gasteiger partial charge in [-0.15, -0.1) is 0 Å². The lowest BCUT2D eigenvalue weighted by Gasteiger charge is -2.08. The van der Waals surface area contributed by atoms with Crippen LogP contribution in [-0.2, 0) is 11.3 Å². The van der Waals surface area contributed by atoms with E-state index in [1.165, 1.54) is 0 Å². The van der Waals surface area contributed by atoms with E-state index >= 15 is 0 Å². The predicted molar refractivity (Wildman–Crippen MR) is 83.9 cm³/mol. The molecule has 0 saturated heterocycles. The minimum Gasteiger partial charge on any atom is -0.484 e. The maximum Gasteiger partial charge on any atom is 0.258 e. The van der Waals surface area contributed by atoms with Crippen LogP contribution >= 0.6 is 12.2 Å². The first-order valence-corrected chi connectivity index (χ1v) is 6.74. The van der Waals surface area contributed by atoms with E-state index in [1.807, 2.05) is 12.1 Å². The van der Waals surface area contributed by atoms with Crippen molar-refractivity contribution in [2.75, 3.05) is 6.61 Å². The molecule has 108 valence electrons. The quantitative estimate of drug-likeness (QED) is 0.789. The Morgan fingerprint density at radius 3 is 2.48 bits per heavy atom. The number of nitrogens with zero attached hydrogens (tertiary/aromatic N) is 1. The molecule has 0 fully saturated rings. The second-order valence-electron chi connectivity index (χ2n) is 4.31. The van der Waals surface area contributed by atoms with Gasteiger partial charge in [0.25, 0.3) is 5.91 Å². The van der Waals surface area contributed by atoms with Crippen LogP contribution in [0.15, 0.2) is 48.8 Å². The van der Waals surface area contributed by atoms with E-state index < -0.39 is 0 Å². The first-order chi connectivity index (χ1) is 10.1. The summed E-state index contributed by atoms with van der Waals surface area (Å²) in [6, 6.07) is 10.7. The molecular weight excluding hydrogens is 286 g/mol. The number of ether oxygens (including phenoxy) is 1. The average molecular weight is 301 g/mol. The monoisotopic (exact) mass is 301 g/mol. The number of rotatable bonds is 6. The predicted octanol–water partition coefficient (Wildman–Crippen LogP) is 1.41. The Balaban J connectivity index is 1.77. The van der Waals surface area contributed by atoms with E-state index in [4.69, 9.17) is 22.7 Å². The van der Waals surface area contributed by atoms with Crippen LogP contribution in [0.1, 0.15) is 11.1 Å². The summed E-state index contributed by atoms with van der Waals surface area (Å²) in [7, 11) is 0. The lowest BCUT2D eigenvalue weighted by Crippen LogP contribution is -2.28. The second-order valence-corrected chi connectivity index (χ2v) is 4.75. The summed E-state index contributed by atoms with van der Waals surface area (Å²) in [4.78, 5) is 15.9. The van der Waals surface area contributed by atoms with E-state index in [0.29, 0.717) is 17.3 Å². The van der Waals surface area contributed by atoms with Crippen LogP contribution < -0.4 is 15.8 Å². The van der Waals surface area contributed by atoms with Crippen molar-refractivity contribution >= 4 is 23.1 Å². The van der Waals surface area contributed by atoms with Crippen LogP contribution in [0.3, 0.4) is 0 Å². The zero-order chi connectivity index (χ0) is 15.1. The van der Waals surface area contributed by atoms with Crippen LogP contribution in [0.4, 0.5) is 0 Å². The number of hydrogen-bond acceptors (Lipinski definition) is 4. The van der Waals surface area contributed by atoms with Crippen molar-refractivity contribution in [3.05, 3.63) is 59.9 Å². The molecule has 3 N–H and O–H groups in total. The molecule has 5 nitrogen and oxygen atoms in total. The van der Waals surface area contributed by atoms with Crippen molar-refractivity contribution in [1.82, 2.24) is 10.3 Å². The second kappa shape index (κ2) is 7.35. The lowest BCUT2D eigenvalue weighted by molar-refractivity contribution is -0.123. The van der Waals surface area contributed by atoms with Gasteiger partial charge >= 0.3 is 0 Å². The molecule has 1 amide bonds. The summed E-state index contributed by atoms with van der Waals surface area (Å²) in [5, 5.41) is 2.77. The Bertz CT molecular complexity index is 615. The van der Waals surface area contributed by atoms with Gasteiger partial charge in [0.15, 0.2) is 6.61 Å². The molecule has 2 aromatic rings. The van der Waals surface area contributed by atoms with Gasteiger partial charge in [-0.1, -0.05) is 12.2 Å². The summed E-state index contributed by atoms with van der Waals surface area (Å²) in [6.45, 7) is 0.405.